The fourth-order valence-corrected chi connectivity index (χ4v) is 3.82. The lowest BCUT2D eigenvalue weighted by Gasteiger charge is -2.30. The summed E-state index contributed by atoms with van der Waals surface area (Å²) in [7, 11) is 2.19. The number of nitrogens with one attached hydrogen (secondary N) is 1. The van der Waals surface area contributed by atoms with Crippen LogP contribution in [0.25, 0.3) is 0 Å². The third-order valence-corrected chi connectivity index (χ3v) is 5.46. The summed E-state index contributed by atoms with van der Waals surface area (Å²) >= 11 is 1.87. The van der Waals surface area contributed by atoms with E-state index in [9.17, 15) is 0 Å². The topological polar surface area (TPSA) is 37.4 Å². The molecular formula is C15H25N3OS. The van der Waals surface area contributed by atoms with E-state index in [1.807, 2.05) is 11.3 Å². The number of ether oxygens (including phenoxy) is 1. The van der Waals surface area contributed by atoms with Gasteiger partial charge in [0.1, 0.15) is 0 Å². The molecule has 0 atom stereocenters. The molecule has 4 nitrogen and oxygen atoms in total. The number of anilines is 1. The van der Waals surface area contributed by atoms with E-state index in [1.54, 1.807) is 0 Å². The number of rotatable bonds is 6. The van der Waals surface area contributed by atoms with Crippen LogP contribution in [0.1, 0.15) is 43.2 Å². The smallest absolute Gasteiger partial charge is 0.185 e. The van der Waals surface area contributed by atoms with Crippen molar-refractivity contribution in [3.05, 3.63) is 10.6 Å². The van der Waals surface area contributed by atoms with Crippen molar-refractivity contribution in [2.75, 3.05) is 25.2 Å². The van der Waals surface area contributed by atoms with Crippen molar-refractivity contribution in [3.8, 4) is 0 Å². The molecular weight excluding hydrogens is 270 g/mol. The standard InChI is InChI=1S/C15H25N3OS/c1-3-13-14(10-16-11-4-5-11)20-15(17-13)18(2)12-6-8-19-9-7-12/h11-12,16H,3-10H2,1-2H3. The molecule has 2 heterocycles. The highest BCUT2D eigenvalue weighted by Gasteiger charge is 2.24. The van der Waals surface area contributed by atoms with Crippen molar-refractivity contribution in [3.63, 3.8) is 0 Å². The number of hydrogen-bond donors (Lipinski definition) is 1. The highest BCUT2D eigenvalue weighted by atomic mass is 32.1. The highest BCUT2D eigenvalue weighted by Crippen LogP contribution is 2.30. The first kappa shape index (κ1) is 14.3. The molecule has 5 heteroatoms. The van der Waals surface area contributed by atoms with Gasteiger partial charge in [-0.2, -0.15) is 0 Å². The summed E-state index contributed by atoms with van der Waals surface area (Å²) in [5.41, 5.74) is 1.28. The molecule has 0 amide bonds. The summed E-state index contributed by atoms with van der Waals surface area (Å²) in [5.74, 6) is 0. The van der Waals surface area contributed by atoms with Crippen LogP contribution in [0.4, 0.5) is 5.13 Å². The van der Waals surface area contributed by atoms with Crippen molar-refractivity contribution < 1.29 is 4.74 Å². The van der Waals surface area contributed by atoms with Crippen molar-refractivity contribution in [1.29, 1.82) is 0 Å². The molecule has 0 spiro atoms. The van der Waals surface area contributed by atoms with Crippen molar-refractivity contribution in [2.45, 2.75) is 57.7 Å². The van der Waals surface area contributed by atoms with E-state index in [4.69, 9.17) is 9.72 Å². The SMILES string of the molecule is CCc1nc(N(C)C2CCOCC2)sc1CNC1CC1. The largest absolute Gasteiger partial charge is 0.381 e. The van der Waals surface area contributed by atoms with E-state index in [0.717, 1.165) is 45.1 Å². The molecule has 1 aliphatic heterocycles. The van der Waals surface area contributed by atoms with Gasteiger partial charge in [-0.05, 0) is 32.1 Å². The molecule has 2 fully saturated rings. The molecule has 20 heavy (non-hydrogen) atoms. The molecule has 0 bridgehead atoms. The fourth-order valence-electron chi connectivity index (χ4n) is 2.69. The molecule has 3 rings (SSSR count). The number of nitrogens with zero attached hydrogens (tertiary/aromatic N) is 2. The lowest BCUT2D eigenvalue weighted by atomic mass is 10.1. The second kappa shape index (κ2) is 6.41. The average Bonchev–Trinajstić information content (AvgIpc) is 3.24. The number of aromatic nitrogens is 1. The first-order valence-electron chi connectivity index (χ1n) is 7.80. The van der Waals surface area contributed by atoms with Crippen LogP contribution in [0.3, 0.4) is 0 Å². The van der Waals surface area contributed by atoms with Crippen LogP contribution in [-0.4, -0.2) is 37.3 Å². The fraction of sp³-hybridized carbons (Fsp3) is 0.800. The van der Waals surface area contributed by atoms with Gasteiger partial charge in [-0.25, -0.2) is 4.98 Å². The summed E-state index contributed by atoms with van der Waals surface area (Å²) in [6.45, 7) is 4.97. The third-order valence-electron chi connectivity index (χ3n) is 4.27. The van der Waals surface area contributed by atoms with Crippen LogP contribution in [0.5, 0.6) is 0 Å². The quantitative estimate of drug-likeness (QED) is 0.875. The molecule has 1 aromatic rings. The Kier molecular flexibility index (Phi) is 4.58. The Bertz CT molecular complexity index is 438. The number of thiazole rings is 1. The Labute approximate surface area is 125 Å². The number of aryl methyl sites for hydroxylation is 1. The average molecular weight is 295 g/mol. The van der Waals surface area contributed by atoms with E-state index >= 15 is 0 Å². The van der Waals surface area contributed by atoms with E-state index in [0.29, 0.717) is 6.04 Å². The van der Waals surface area contributed by atoms with E-state index < -0.39 is 0 Å². The minimum atomic E-state index is 0.587. The van der Waals surface area contributed by atoms with E-state index in [1.165, 1.54) is 28.5 Å². The van der Waals surface area contributed by atoms with Gasteiger partial charge in [0.25, 0.3) is 0 Å². The summed E-state index contributed by atoms with van der Waals surface area (Å²) in [5, 5.41) is 4.79. The van der Waals surface area contributed by atoms with Gasteiger partial charge in [0.2, 0.25) is 0 Å². The Morgan fingerprint density at radius 2 is 2.05 bits per heavy atom. The normalized spacial score (nSPS) is 20.3. The summed E-state index contributed by atoms with van der Waals surface area (Å²) in [6, 6.07) is 1.35. The van der Waals surface area contributed by atoms with Gasteiger partial charge in [-0.1, -0.05) is 6.92 Å². The molecule has 1 aromatic heterocycles. The van der Waals surface area contributed by atoms with Crippen LogP contribution in [-0.2, 0) is 17.7 Å². The first-order valence-corrected chi connectivity index (χ1v) is 8.62. The minimum Gasteiger partial charge on any atom is -0.381 e. The van der Waals surface area contributed by atoms with Crippen molar-refractivity contribution >= 4 is 16.5 Å². The Hall–Kier alpha value is -0.650. The first-order chi connectivity index (χ1) is 9.78. The zero-order valence-corrected chi connectivity index (χ0v) is 13.3. The Morgan fingerprint density at radius 1 is 1.30 bits per heavy atom. The third kappa shape index (κ3) is 3.32. The van der Waals surface area contributed by atoms with Gasteiger partial charge in [-0.15, -0.1) is 11.3 Å². The van der Waals surface area contributed by atoms with Gasteiger partial charge < -0.3 is 15.0 Å². The zero-order valence-electron chi connectivity index (χ0n) is 12.5. The number of hydrogen-bond acceptors (Lipinski definition) is 5. The molecule has 0 radical (unpaired) electrons. The van der Waals surface area contributed by atoms with Crippen LogP contribution < -0.4 is 10.2 Å². The summed E-state index contributed by atoms with van der Waals surface area (Å²) in [6.07, 6.45) is 5.95. The maximum absolute atomic E-state index is 5.45. The molecule has 1 saturated carbocycles. The molecule has 0 aromatic carbocycles. The van der Waals surface area contributed by atoms with Crippen molar-refractivity contribution in [2.24, 2.45) is 0 Å². The van der Waals surface area contributed by atoms with Gasteiger partial charge in [0, 0.05) is 43.8 Å². The molecule has 112 valence electrons. The minimum absolute atomic E-state index is 0.587. The molecule has 1 N–H and O–H groups in total. The van der Waals surface area contributed by atoms with E-state index in [-0.39, 0.29) is 0 Å². The van der Waals surface area contributed by atoms with E-state index in [2.05, 4.69) is 24.2 Å². The lowest BCUT2D eigenvalue weighted by molar-refractivity contribution is 0.0855. The lowest BCUT2D eigenvalue weighted by Crippen LogP contribution is -2.36. The van der Waals surface area contributed by atoms with Crippen LogP contribution in [0.2, 0.25) is 0 Å². The van der Waals surface area contributed by atoms with Gasteiger partial charge in [0.05, 0.1) is 5.69 Å². The van der Waals surface area contributed by atoms with Crippen LogP contribution in [0.15, 0.2) is 0 Å². The van der Waals surface area contributed by atoms with Gasteiger partial charge in [0.15, 0.2) is 5.13 Å². The van der Waals surface area contributed by atoms with Crippen LogP contribution in [0, 0.1) is 0 Å². The summed E-state index contributed by atoms with van der Waals surface area (Å²) < 4.78 is 5.45. The van der Waals surface area contributed by atoms with Gasteiger partial charge >= 0.3 is 0 Å². The molecule has 0 unspecified atom stereocenters. The highest BCUT2D eigenvalue weighted by molar-refractivity contribution is 7.15. The van der Waals surface area contributed by atoms with Crippen LogP contribution >= 0.6 is 11.3 Å². The Morgan fingerprint density at radius 3 is 2.70 bits per heavy atom. The maximum atomic E-state index is 5.45. The predicted octanol–water partition coefficient (Wildman–Crippen LogP) is 2.57. The van der Waals surface area contributed by atoms with Gasteiger partial charge in [-0.3, -0.25) is 0 Å². The molecule has 2 aliphatic rings. The second-order valence-corrected chi connectivity index (χ2v) is 6.89. The molecule has 1 saturated heterocycles. The Balaban J connectivity index is 1.67. The van der Waals surface area contributed by atoms with Crippen molar-refractivity contribution in [1.82, 2.24) is 10.3 Å². The molecule has 1 aliphatic carbocycles. The maximum Gasteiger partial charge on any atom is 0.185 e. The zero-order chi connectivity index (χ0) is 13.9. The second-order valence-electron chi connectivity index (χ2n) is 5.83. The monoisotopic (exact) mass is 295 g/mol. The summed E-state index contributed by atoms with van der Waals surface area (Å²) in [4.78, 5) is 8.66. The predicted molar refractivity (Wildman–Crippen MR) is 83.6 cm³/mol.